The van der Waals surface area contributed by atoms with Crippen LogP contribution in [-0.4, -0.2) is 41.0 Å². The number of carbonyl (C=O) groups is 1. The molecule has 0 aromatic heterocycles. The molecule has 0 bridgehead atoms. The summed E-state index contributed by atoms with van der Waals surface area (Å²) in [5, 5.41) is 21.4. The molecule has 33 heavy (non-hydrogen) atoms. The summed E-state index contributed by atoms with van der Waals surface area (Å²) in [4.78, 5) is 12.1. The van der Waals surface area contributed by atoms with E-state index in [0.717, 1.165) is 25.7 Å². The summed E-state index contributed by atoms with van der Waals surface area (Å²) in [6, 6.07) is 0. The minimum atomic E-state index is -0.415. The minimum absolute atomic E-state index is 0.0197. The van der Waals surface area contributed by atoms with Crippen LogP contribution in [0.2, 0.25) is 0 Å². The normalized spacial score (nSPS) is 41.8. The molecular formula is C28H51NO4. The van der Waals surface area contributed by atoms with E-state index in [0.29, 0.717) is 49.0 Å². The fraction of sp³-hybridized carbons (Fsp3) is 0.964. The van der Waals surface area contributed by atoms with E-state index in [4.69, 9.17) is 10.5 Å². The van der Waals surface area contributed by atoms with Crippen LogP contribution in [0, 0.1) is 46.3 Å². The van der Waals surface area contributed by atoms with E-state index >= 15 is 0 Å². The van der Waals surface area contributed by atoms with E-state index in [1.807, 2.05) is 20.8 Å². The Kier molecular flexibility index (Phi) is 8.28. The summed E-state index contributed by atoms with van der Waals surface area (Å²) in [5.74, 6) is 2.58. The largest absolute Gasteiger partial charge is 0.460 e. The van der Waals surface area contributed by atoms with Crippen molar-refractivity contribution in [1.82, 2.24) is 0 Å². The van der Waals surface area contributed by atoms with Crippen molar-refractivity contribution in [1.29, 1.82) is 0 Å². The van der Waals surface area contributed by atoms with E-state index in [2.05, 4.69) is 20.8 Å². The molecule has 0 spiro atoms. The summed E-state index contributed by atoms with van der Waals surface area (Å²) < 4.78 is 5.49. The predicted octanol–water partition coefficient (Wildman–Crippen LogP) is 4.92. The Balaban J connectivity index is 1.68. The second-order valence-electron chi connectivity index (χ2n) is 13.2. The highest BCUT2D eigenvalue weighted by Crippen LogP contribution is 2.67. The Bertz CT molecular complexity index is 675. The number of rotatable bonds is 8. The Morgan fingerprint density at radius 2 is 1.88 bits per heavy atom. The van der Waals surface area contributed by atoms with Crippen molar-refractivity contribution < 1.29 is 19.7 Å². The van der Waals surface area contributed by atoms with Gasteiger partial charge in [0.15, 0.2) is 0 Å². The van der Waals surface area contributed by atoms with Crippen molar-refractivity contribution in [2.24, 2.45) is 52.1 Å². The van der Waals surface area contributed by atoms with Gasteiger partial charge in [0.1, 0.15) is 5.60 Å². The molecule has 0 heterocycles. The molecule has 0 aliphatic heterocycles. The zero-order chi connectivity index (χ0) is 24.6. The number of fused-ring (bicyclic) bond motifs is 3. The second-order valence-corrected chi connectivity index (χ2v) is 13.2. The molecule has 192 valence electrons. The summed E-state index contributed by atoms with van der Waals surface area (Å²) in [5.41, 5.74) is 5.89. The van der Waals surface area contributed by atoms with Crippen LogP contribution in [0.3, 0.4) is 0 Å². The lowest BCUT2D eigenvalue weighted by molar-refractivity contribution is -0.162. The van der Waals surface area contributed by atoms with Crippen molar-refractivity contribution in [3.05, 3.63) is 0 Å². The Labute approximate surface area is 202 Å². The van der Waals surface area contributed by atoms with Crippen molar-refractivity contribution in [3.63, 3.8) is 0 Å². The molecule has 4 N–H and O–H groups in total. The molecule has 3 aliphatic rings. The number of carbonyl (C=O) groups excluding carboxylic acids is 1. The van der Waals surface area contributed by atoms with Crippen molar-refractivity contribution in [2.75, 3.05) is 13.2 Å². The zero-order valence-corrected chi connectivity index (χ0v) is 22.1. The molecule has 0 unspecified atom stereocenters. The molecule has 5 nitrogen and oxygen atoms in total. The maximum absolute atomic E-state index is 12.1. The zero-order valence-electron chi connectivity index (χ0n) is 22.1. The van der Waals surface area contributed by atoms with Crippen LogP contribution in [0.1, 0.15) is 99.3 Å². The van der Waals surface area contributed by atoms with Gasteiger partial charge in [-0.3, -0.25) is 4.79 Å². The standard InChI is InChI=1S/C28H51NO4/c1-18(8-7-9-24(32)33-26(2,3)4)20-10-11-21-25-22(12-13-28(20,21)6)27(5,14-15-29)19(17-30)16-23(25)31/h18-23,25,30-31H,7-17,29H2,1-6H3/t18-,19-,20-,21+,22+,23+,25+,27+,28-/m1/s1. The lowest BCUT2D eigenvalue weighted by Crippen LogP contribution is -2.58. The summed E-state index contributed by atoms with van der Waals surface area (Å²) >= 11 is 0. The highest BCUT2D eigenvalue weighted by atomic mass is 16.6. The third-order valence-electron chi connectivity index (χ3n) is 10.2. The predicted molar refractivity (Wildman–Crippen MR) is 132 cm³/mol. The van der Waals surface area contributed by atoms with E-state index in [1.54, 1.807) is 0 Å². The smallest absolute Gasteiger partial charge is 0.306 e. The van der Waals surface area contributed by atoms with Crippen LogP contribution >= 0.6 is 0 Å². The van der Waals surface area contributed by atoms with Gasteiger partial charge in [-0.1, -0.05) is 20.8 Å². The van der Waals surface area contributed by atoms with Gasteiger partial charge in [0.05, 0.1) is 6.10 Å². The molecule has 0 saturated heterocycles. The number of aliphatic hydroxyl groups excluding tert-OH is 2. The van der Waals surface area contributed by atoms with Crippen LogP contribution in [0.4, 0.5) is 0 Å². The van der Waals surface area contributed by atoms with Crippen LogP contribution in [0.5, 0.6) is 0 Å². The van der Waals surface area contributed by atoms with E-state index in [9.17, 15) is 15.0 Å². The van der Waals surface area contributed by atoms with Crippen LogP contribution in [0.15, 0.2) is 0 Å². The molecule has 5 heteroatoms. The Hall–Kier alpha value is -0.650. The van der Waals surface area contributed by atoms with Gasteiger partial charge in [-0.2, -0.15) is 0 Å². The Morgan fingerprint density at radius 3 is 2.48 bits per heavy atom. The number of nitrogens with two attached hydrogens (primary N) is 1. The lowest BCUT2D eigenvalue weighted by atomic mass is 9.45. The monoisotopic (exact) mass is 465 g/mol. The minimum Gasteiger partial charge on any atom is -0.460 e. The molecule has 3 saturated carbocycles. The quantitative estimate of drug-likeness (QED) is 0.442. The summed E-state index contributed by atoms with van der Waals surface area (Å²) in [6.45, 7) is 13.7. The third-order valence-corrected chi connectivity index (χ3v) is 10.2. The number of esters is 1. The molecule has 3 rings (SSSR count). The van der Waals surface area contributed by atoms with Gasteiger partial charge in [-0.15, -0.1) is 0 Å². The molecule has 3 aliphatic carbocycles. The molecular weight excluding hydrogens is 414 g/mol. The molecule has 3 fully saturated rings. The van der Waals surface area contributed by atoms with Gasteiger partial charge < -0.3 is 20.7 Å². The van der Waals surface area contributed by atoms with Gasteiger partial charge in [-0.05, 0) is 125 Å². The van der Waals surface area contributed by atoms with E-state index in [1.165, 1.54) is 19.3 Å². The number of aliphatic hydroxyl groups is 2. The fourth-order valence-electron chi connectivity index (χ4n) is 8.64. The SMILES string of the molecule is C[C@H](CCCC(=O)OC(C)(C)C)[C@H]1CC[C@H]2[C@@H]3[C@@H](O)C[C@H](CO)[C@](C)(CCN)[C@H]3CC[C@]12C. The number of hydrogen-bond acceptors (Lipinski definition) is 5. The third kappa shape index (κ3) is 5.30. The average molecular weight is 466 g/mol. The molecule has 0 aromatic carbocycles. The Morgan fingerprint density at radius 1 is 1.18 bits per heavy atom. The highest BCUT2D eigenvalue weighted by Gasteiger charge is 2.61. The second kappa shape index (κ2) is 10.1. The average Bonchev–Trinajstić information content (AvgIpc) is 3.06. The van der Waals surface area contributed by atoms with Gasteiger partial charge in [0.25, 0.3) is 0 Å². The lowest BCUT2D eigenvalue weighted by Gasteiger charge is -2.60. The van der Waals surface area contributed by atoms with E-state index < -0.39 is 5.60 Å². The first-order valence-corrected chi connectivity index (χ1v) is 13.6. The van der Waals surface area contributed by atoms with Crippen LogP contribution in [0.25, 0.3) is 0 Å². The van der Waals surface area contributed by atoms with Crippen LogP contribution in [-0.2, 0) is 9.53 Å². The molecule has 0 radical (unpaired) electrons. The van der Waals surface area contributed by atoms with Crippen molar-refractivity contribution >= 4 is 5.97 Å². The van der Waals surface area contributed by atoms with Crippen molar-refractivity contribution in [2.45, 2.75) is 111 Å². The maximum Gasteiger partial charge on any atom is 0.306 e. The molecule has 0 aromatic rings. The van der Waals surface area contributed by atoms with Gasteiger partial charge in [0, 0.05) is 13.0 Å². The fourth-order valence-corrected chi connectivity index (χ4v) is 8.64. The van der Waals surface area contributed by atoms with Gasteiger partial charge in [-0.25, -0.2) is 0 Å². The van der Waals surface area contributed by atoms with Gasteiger partial charge in [0.2, 0.25) is 0 Å². The maximum atomic E-state index is 12.1. The summed E-state index contributed by atoms with van der Waals surface area (Å²) in [6.07, 6.45) is 8.50. The van der Waals surface area contributed by atoms with E-state index in [-0.39, 0.29) is 35.4 Å². The first-order chi connectivity index (χ1) is 15.4. The van der Waals surface area contributed by atoms with Gasteiger partial charge >= 0.3 is 5.97 Å². The highest BCUT2D eigenvalue weighted by molar-refractivity contribution is 5.69. The number of ether oxygens (including phenoxy) is 1. The van der Waals surface area contributed by atoms with Crippen LogP contribution < -0.4 is 5.73 Å². The van der Waals surface area contributed by atoms with Crippen molar-refractivity contribution in [3.8, 4) is 0 Å². The molecule has 9 atom stereocenters. The summed E-state index contributed by atoms with van der Waals surface area (Å²) in [7, 11) is 0. The first-order valence-electron chi connectivity index (χ1n) is 13.6. The first kappa shape index (κ1) is 26.9. The topological polar surface area (TPSA) is 92.8 Å². The molecule has 0 amide bonds. The number of hydrogen-bond donors (Lipinski definition) is 3.